The smallest absolute Gasteiger partial charge is 0.383 e. The fraction of sp³-hybridized carbons (Fsp3) is 0.321. The van der Waals surface area contributed by atoms with Crippen LogP contribution >= 0.6 is 0 Å². The van der Waals surface area contributed by atoms with E-state index in [2.05, 4.69) is 10.3 Å². The molecule has 42 heavy (non-hydrogen) atoms. The first-order valence-electron chi connectivity index (χ1n) is 13.2. The Morgan fingerprint density at radius 3 is 2.50 bits per heavy atom. The number of carbonyl (C=O) groups is 2. The largest absolute Gasteiger partial charge is 0.471 e. The number of hydrogen-bond donors (Lipinski definition) is 3. The number of amides is 2. The van der Waals surface area contributed by atoms with Crippen molar-refractivity contribution in [3.8, 4) is 22.3 Å². The van der Waals surface area contributed by atoms with Gasteiger partial charge in [-0.25, -0.2) is 17.8 Å². The molecule has 3 aromatic rings. The summed E-state index contributed by atoms with van der Waals surface area (Å²) in [5, 5.41) is 4.51. The van der Waals surface area contributed by atoms with E-state index in [-0.39, 0.29) is 47.7 Å². The number of hydrogen-bond acceptors (Lipinski definition) is 6. The van der Waals surface area contributed by atoms with Gasteiger partial charge in [0.25, 0.3) is 5.91 Å². The van der Waals surface area contributed by atoms with Gasteiger partial charge in [0.05, 0.1) is 4.90 Å². The minimum Gasteiger partial charge on any atom is -0.383 e. The number of nitrogens with one attached hydrogen (secondary N) is 2. The van der Waals surface area contributed by atoms with E-state index in [1.54, 1.807) is 23.5 Å². The molecule has 2 amide bonds. The summed E-state index contributed by atoms with van der Waals surface area (Å²) in [5.74, 6) is -2.87. The lowest BCUT2D eigenvalue weighted by Gasteiger charge is -2.22. The van der Waals surface area contributed by atoms with Crippen molar-refractivity contribution >= 4 is 27.7 Å². The van der Waals surface area contributed by atoms with Crippen molar-refractivity contribution in [1.82, 2.24) is 19.9 Å². The van der Waals surface area contributed by atoms with Crippen molar-refractivity contribution < 1.29 is 35.6 Å². The highest BCUT2D eigenvalue weighted by Gasteiger charge is 2.39. The number of benzene rings is 2. The molecule has 1 aliphatic heterocycles. The molecule has 2 heterocycles. The van der Waals surface area contributed by atoms with Crippen LogP contribution in [0.5, 0.6) is 0 Å². The number of rotatable bonds is 9. The molecule has 1 aliphatic carbocycles. The fourth-order valence-corrected chi connectivity index (χ4v) is 6.61. The molecule has 1 fully saturated rings. The van der Waals surface area contributed by atoms with Gasteiger partial charge in [0.1, 0.15) is 11.6 Å². The second-order valence-corrected chi connectivity index (χ2v) is 12.0. The molecule has 5 rings (SSSR count). The summed E-state index contributed by atoms with van der Waals surface area (Å²) in [5.41, 5.74) is 9.22. The van der Waals surface area contributed by atoms with Gasteiger partial charge in [-0.2, -0.15) is 17.5 Å². The van der Waals surface area contributed by atoms with Crippen molar-refractivity contribution in [3.05, 3.63) is 65.6 Å². The Hall–Kier alpha value is -4.04. The average molecular weight is 606 g/mol. The standard InChI is InChI=1S/C28H27F4N5O4S/c29-24-14-20(42(40,41)37(19-3-4-19)11-1-9-35-27(39)28(30,31)32)5-7-21(24)18-13-23(25(33)36-15-18)16-2-6-22-17(12-16)8-10-34-26(22)38/h2,5-7,12-15,19H,1,3-4,8-11H2,(H2,33,36)(H,34,38)(H,35,39). The normalized spacial score (nSPS) is 15.3. The number of nitrogens with two attached hydrogens (primary N) is 1. The van der Waals surface area contributed by atoms with Gasteiger partial charge in [-0.05, 0) is 61.1 Å². The molecule has 222 valence electrons. The van der Waals surface area contributed by atoms with Crippen LogP contribution in [0.4, 0.5) is 23.4 Å². The van der Waals surface area contributed by atoms with Crippen LogP contribution in [0.15, 0.2) is 53.6 Å². The second-order valence-electron chi connectivity index (χ2n) is 10.1. The minimum atomic E-state index is -5.03. The number of pyridine rings is 1. The Labute approximate surface area is 239 Å². The molecule has 0 unspecified atom stereocenters. The predicted molar refractivity (Wildman–Crippen MR) is 146 cm³/mol. The summed E-state index contributed by atoms with van der Waals surface area (Å²) in [4.78, 5) is 27.0. The van der Waals surface area contributed by atoms with E-state index in [9.17, 15) is 31.2 Å². The SMILES string of the molecule is Nc1ncc(-c2ccc(S(=O)(=O)N(CCCNC(=O)C(F)(F)F)C3CC3)cc2F)cc1-c1ccc2c(c1)CCNC2=O. The zero-order valence-corrected chi connectivity index (χ0v) is 23.0. The second kappa shape index (κ2) is 11.3. The van der Waals surface area contributed by atoms with Crippen LogP contribution in [0.25, 0.3) is 22.3 Å². The summed E-state index contributed by atoms with van der Waals surface area (Å²) in [7, 11) is -4.17. The zero-order chi connectivity index (χ0) is 30.2. The molecule has 0 radical (unpaired) electrons. The van der Waals surface area contributed by atoms with Crippen LogP contribution < -0.4 is 16.4 Å². The number of carbonyl (C=O) groups excluding carboxylic acids is 2. The molecule has 0 bridgehead atoms. The third-order valence-electron chi connectivity index (χ3n) is 7.17. The molecular formula is C28H27F4N5O4S. The summed E-state index contributed by atoms with van der Waals surface area (Å²) < 4.78 is 80.5. The minimum absolute atomic E-state index is 0.0502. The molecule has 14 heteroatoms. The highest BCUT2D eigenvalue weighted by Crippen LogP contribution is 2.35. The highest BCUT2D eigenvalue weighted by atomic mass is 32.2. The van der Waals surface area contributed by atoms with Gasteiger partial charge in [0.15, 0.2) is 0 Å². The van der Waals surface area contributed by atoms with E-state index in [1.807, 2.05) is 6.07 Å². The number of nitrogens with zero attached hydrogens (tertiary/aromatic N) is 2. The first-order valence-corrected chi connectivity index (χ1v) is 14.6. The Kier molecular flexibility index (Phi) is 7.94. The van der Waals surface area contributed by atoms with E-state index in [1.165, 1.54) is 18.3 Å². The van der Waals surface area contributed by atoms with Crippen LogP contribution in [0.3, 0.4) is 0 Å². The Balaban J connectivity index is 1.36. The number of anilines is 1. The predicted octanol–water partition coefficient (Wildman–Crippen LogP) is 3.64. The topological polar surface area (TPSA) is 134 Å². The summed E-state index contributed by atoms with van der Waals surface area (Å²) in [6.07, 6.45) is -1.91. The monoisotopic (exact) mass is 605 g/mol. The summed E-state index contributed by atoms with van der Waals surface area (Å²) in [6, 6.07) is 10.1. The van der Waals surface area contributed by atoms with Crippen LogP contribution in [0.1, 0.15) is 35.2 Å². The number of nitrogen functional groups attached to an aromatic ring is 1. The number of sulfonamides is 1. The number of halogens is 4. The molecule has 0 atom stereocenters. The molecule has 9 nitrogen and oxygen atoms in total. The quantitative estimate of drug-likeness (QED) is 0.252. The van der Waals surface area contributed by atoms with E-state index in [0.29, 0.717) is 48.1 Å². The molecule has 1 aromatic heterocycles. The van der Waals surface area contributed by atoms with Crippen LogP contribution in [0, 0.1) is 5.82 Å². The Morgan fingerprint density at radius 1 is 1.07 bits per heavy atom. The maximum Gasteiger partial charge on any atom is 0.471 e. The summed E-state index contributed by atoms with van der Waals surface area (Å²) >= 11 is 0. The van der Waals surface area contributed by atoms with E-state index in [0.717, 1.165) is 15.9 Å². The third-order valence-corrected chi connectivity index (χ3v) is 9.12. The molecule has 1 saturated carbocycles. The summed E-state index contributed by atoms with van der Waals surface area (Å²) in [6.45, 7) is 0.00673. The van der Waals surface area contributed by atoms with Gasteiger partial charge in [-0.3, -0.25) is 9.59 Å². The van der Waals surface area contributed by atoms with Gasteiger partial charge in [-0.1, -0.05) is 18.2 Å². The number of alkyl halides is 3. The van der Waals surface area contributed by atoms with E-state index < -0.39 is 27.9 Å². The maximum atomic E-state index is 15.4. The third kappa shape index (κ3) is 6.09. The lowest BCUT2D eigenvalue weighted by molar-refractivity contribution is -0.173. The van der Waals surface area contributed by atoms with Gasteiger partial charge < -0.3 is 16.4 Å². The first-order chi connectivity index (χ1) is 19.9. The highest BCUT2D eigenvalue weighted by molar-refractivity contribution is 7.89. The van der Waals surface area contributed by atoms with Crippen molar-refractivity contribution in [1.29, 1.82) is 0 Å². The number of fused-ring (bicyclic) bond motifs is 1. The van der Waals surface area contributed by atoms with Gasteiger partial charge in [-0.15, -0.1) is 0 Å². The van der Waals surface area contributed by atoms with Crippen molar-refractivity contribution in [2.45, 2.75) is 42.8 Å². The van der Waals surface area contributed by atoms with Gasteiger partial charge in [0, 0.05) is 54.1 Å². The average Bonchev–Trinajstić information content (AvgIpc) is 3.78. The molecule has 2 aromatic carbocycles. The zero-order valence-electron chi connectivity index (χ0n) is 22.2. The first kappa shape index (κ1) is 29.5. The van der Waals surface area contributed by atoms with E-state index >= 15 is 4.39 Å². The lowest BCUT2D eigenvalue weighted by atomic mass is 9.94. The van der Waals surface area contributed by atoms with Crippen LogP contribution in [-0.2, 0) is 21.2 Å². The van der Waals surface area contributed by atoms with Crippen molar-refractivity contribution in [2.24, 2.45) is 0 Å². The van der Waals surface area contributed by atoms with Crippen LogP contribution in [0.2, 0.25) is 0 Å². The lowest BCUT2D eigenvalue weighted by Crippen LogP contribution is -2.39. The maximum absolute atomic E-state index is 15.4. The molecule has 2 aliphatic rings. The molecular weight excluding hydrogens is 578 g/mol. The van der Waals surface area contributed by atoms with Crippen molar-refractivity contribution in [3.63, 3.8) is 0 Å². The van der Waals surface area contributed by atoms with E-state index in [4.69, 9.17) is 5.73 Å². The Morgan fingerprint density at radius 2 is 1.81 bits per heavy atom. The molecule has 0 saturated heterocycles. The Bertz CT molecular complexity index is 1660. The van der Waals surface area contributed by atoms with Crippen LogP contribution in [-0.4, -0.2) is 61.4 Å². The molecule has 0 spiro atoms. The van der Waals surface area contributed by atoms with Gasteiger partial charge >= 0.3 is 12.1 Å². The molecule has 4 N–H and O–H groups in total. The van der Waals surface area contributed by atoms with Gasteiger partial charge in [0.2, 0.25) is 10.0 Å². The van der Waals surface area contributed by atoms with Crippen molar-refractivity contribution in [2.75, 3.05) is 25.4 Å². The fourth-order valence-electron chi connectivity index (χ4n) is 4.87. The number of aromatic nitrogens is 1.